The molecule has 0 radical (unpaired) electrons. The van der Waals surface area contributed by atoms with Crippen molar-refractivity contribution in [3.05, 3.63) is 70.3 Å². The largest absolute Gasteiger partial charge is 0.479 e. The molecule has 0 aromatic heterocycles. The van der Waals surface area contributed by atoms with E-state index in [2.05, 4.69) is 0 Å². The Morgan fingerprint density at radius 2 is 1.83 bits per heavy atom. The third-order valence-electron chi connectivity index (χ3n) is 4.61. The highest BCUT2D eigenvalue weighted by Gasteiger charge is 2.24. The van der Waals surface area contributed by atoms with Crippen molar-refractivity contribution in [3.8, 4) is 11.8 Å². The summed E-state index contributed by atoms with van der Waals surface area (Å²) in [6.45, 7) is 2.06. The van der Waals surface area contributed by atoms with Gasteiger partial charge in [0.05, 0.1) is 4.92 Å². The Bertz CT molecular complexity index is 942. The van der Waals surface area contributed by atoms with Crippen molar-refractivity contribution in [2.24, 2.45) is 0 Å². The van der Waals surface area contributed by atoms with E-state index < -0.39 is 0 Å². The number of piperazine rings is 1. The van der Waals surface area contributed by atoms with E-state index in [4.69, 9.17) is 10.00 Å². The van der Waals surface area contributed by atoms with E-state index in [1.165, 1.54) is 12.1 Å². The highest BCUT2D eigenvalue weighted by molar-refractivity contribution is 5.92. The molecular formula is C21H20N4O4. The Labute approximate surface area is 168 Å². The van der Waals surface area contributed by atoms with Crippen molar-refractivity contribution in [1.82, 2.24) is 4.90 Å². The second-order valence-corrected chi connectivity index (χ2v) is 6.41. The quantitative estimate of drug-likeness (QED) is 0.426. The molecule has 0 aliphatic carbocycles. The standard InChI is InChI=1S/C21H20N4O4/c22-11-16-29-18-8-5-17(6-9-18)7-10-21(26)24-14-12-23(13-15-24)19-3-1-2-4-20(19)25(27)28/h1-10H,12-16H2/b10-7+. The molecule has 1 aliphatic rings. The van der Waals surface area contributed by atoms with Gasteiger partial charge in [0.1, 0.15) is 17.5 Å². The summed E-state index contributed by atoms with van der Waals surface area (Å²) in [5.74, 6) is 0.498. The van der Waals surface area contributed by atoms with E-state index in [1.54, 1.807) is 41.3 Å². The first-order chi connectivity index (χ1) is 14.1. The molecule has 0 saturated carbocycles. The molecule has 0 atom stereocenters. The van der Waals surface area contributed by atoms with Gasteiger partial charge in [-0.3, -0.25) is 14.9 Å². The lowest BCUT2D eigenvalue weighted by molar-refractivity contribution is -0.384. The van der Waals surface area contributed by atoms with Crippen LogP contribution in [0, 0.1) is 21.4 Å². The highest BCUT2D eigenvalue weighted by atomic mass is 16.6. The maximum atomic E-state index is 12.4. The first kappa shape index (κ1) is 19.9. The average Bonchev–Trinajstić information content (AvgIpc) is 2.77. The van der Waals surface area contributed by atoms with E-state index >= 15 is 0 Å². The summed E-state index contributed by atoms with van der Waals surface area (Å²) in [6.07, 6.45) is 3.25. The molecule has 2 aromatic carbocycles. The number of nitro benzene ring substituents is 1. The van der Waals surface area contributed by atoms with Crippen LogP contribution in [0.4, 0.5) is 11.4 Å². The van der Waals surface area contributed by atoms with Crippen LogP contribution < -0.4 is 9.64 Å². The average molecular weight is 392 g/mol. The number of benzene rings is 2. The van der Waals surface area contributed by atoms with Crippen LogP contribution in [-0.4, -0.2) is 48.5 Å². The van der Waals surface area contributed by atoms with Crippen LogP contribution in [0.3, 0.4) is 0 Å². The molecular weight excluding hydrogens is 372 g/mol. The number of hydrogen-bond acceptors (Lipinski definition) is 6. The highest BCUT2D eigenvalue weighted by Crippen LogP contribution is 2.28. The molecule has 1 aliphatic heterocycles. The van der Waals surface area contributed by atoms with Gasteiger partial charge in [-0.1, -0.05) is 24.3 Å². The molecule has 148 valence electrons. The van der Waals surface area contributed by atoms with Crippen molar-refractivity contribution >= 4 is 23.4 Å². The fourth-order valence-corrected chi connectivity index (χ4v) is 3.12. The number of carbonyl (C=O) groups is 1. The second kappa shape index (κ2) is 9.37. The molecule has 3 rings (SSSR count). The topological polar surface area (TPSA) is 99.7 Å². The van der Waals surface area contributed by atoms with Crippen LogP contribution in [0.2, 0.25) is 0 Å². The van der Waals surface area contributed by atoms with Crippen molar-refractivity contribution in [1.29, 1.82) is 5.26 Å². The second-order valence-electron chi connectivity index (χ2n) is 6.41. The van der Waals surface area contributed by atoms with E-state index in [-0.39, 0.29) is 23.1 Å². The lowest BCUT2D eigenvalue weighted by Crippen LogP contribution is -2.48. The molecule has 1 fully saturated rings. The maximum absolute atomic E-state index is 12.4. The smallest absolute Gasteiger partial charge is 0.292 e. The minimum Gasteiger partial charge on any atom is -0.479 e. The lowest BCUT2D eigenvalue weighted by atomic mass is 10.2. The number of nitro groups is 1. The van der Waals surface area contributed by atoms with Crippen LogP contribution >= 0.6 is 0 Å². The summed E-state index contributed by atoms with van der Waals surface area (Å²) in [5, 5.41) is 19.7. The predicted molar refractivity (Wildman–Crippen MR) is 108 cm³/mol. The first-order valence-corrected chi connectivity index (χ1v) is 9.13. The third-order valence-corrected chi connectivity index (χ3v) is 4.61. The number of carbonyl (C=O) groups excluding carboxylic acids is 1. The molecule has 2 aromatic rings. The maximum Gasteiger partial charge on any atom is 0.292 e. The van der Waals surface area contributed by atoms with E-state index in [0.717, 1.165) is 5.56 Å². The SMILES string of the molecule is N#CCOc1ccc(/C=C/C(=O)N2CCN(c3ccccc3[N+](=O)[O-])CC2)cc1. The summed E-state index contributed by atoms with van der Waals surface area (Å²) in [4.78, 5) is 26.9. The first-order valence-electron chi connectivity index (χ1n) is 9.13. The summed E-state index contributed by atoms with van der Waals surface area (Å²) in [6, 6.07) is 15.7. The summed E-state index contributed by atoms with van der Waals surface area (Å²) < 4.78 is 5.19. The predicted octanol–water partition coefficient (Wildman–Crippen LogP) is 2.86. The van der Waals surface area contributed by atoms with Gasteiger partial charge in [0.2, 0.25) is 5.91 Å². The summed E-state index contributed by atoms with van der Waals surface area (Å²) in [7, 11) is 0. The van der Waals surface area contributed by atoms with Gasteiger partial charge < -0.3 is 14.5 Å². The Balaban J connectivity index is 1.56. The van der Waals surface area contributed by atoms with Gasteiger partial charge in [0.25, 0.3) is 5.69 Å². The van der Waals surface area contributed by atoms with Crippen LogP contribution in [0.15, 0.2) is 54.6 Å². The third kappa shape index (κ3) is 5.11. The molecule has 0 spiro atoms. The molecule has 8 heteroatoms. The van der Waals surface area contributed by atoms with Crippen LogP contribution in [0.25, 0.3) is 6.08 Å². The van der Waals surface area contributed by atoms with Gasteiger partial charge in [-0.2, -0.15) is 5.26 Å². The number of anilines is 1. The molecule has 0 N–H and O–H groups in total. The van der Waals surface area contributed by atoms with Gasteiger partial charge in [-0.05, 0) is 29.8 Å². The monoisotopic (exact) mass is 392 g/mol. The van der Waals surface area contributed by atoms with Crippen molar-refractivity contribution < 1.29 is 14.5 Å². The number of para-hydroxylation sites is 2. The van der Waals surface area contributed by atoms with Gasteiger partial charge in [-0.15, -0.1) is 0 Å². The number of ether oxygens (including phenoxy) is 1. The van der Waals surface area contributed by atoms with E-state index in [1.807, 2.05) is 23.1 Å². The zero-order valence-corrected chi connectivity index (χ0v) is 15.7. The molecule has 0 unspecified atom stereocenters. The summed E-state index contributed by atoms with van der Waals surface area (Å²) in [5.41, 5.74) is 1.51. The zero-order valence-electron chi connectivity index (χ0n) is 15.7. The normalized spacial score (nSPS) is 13.9. The van der Waals surface area contributed by atoms with Gasteiger partial charge in [-0.25, -0.2) is 0 Å². The number of nitrogens with zero attached hydrogens (tertiary/aromatic N) is 4. The Kier molecular flexibility index (Phi) is 6.43. The van der Waals surface area contributed by atoms with Gasteiger partial charge in [0, 0.05) is 38.3 Å². The minimum atomic E-state index is -0.383. The summed E-state index contributed by atoms with van der Waals surface area (Å²) >= 11 is 0. The van der Waals surface area contributed by atoms with Gasteiger partial charge >= 0.3 is 0 Å². The minimum absolute atomic E-state index is 0.00815. The van der Waals surface area contributed by atoms with Crippen molar-refractivity contribution in [3.63, 3.8) is 0 Å². The fraction of sp³-hybridized carbons (Fsp3) is 0.238. The lowest BCUT2D eigenvalue weighted by Gasteiger charge is -2.35. The molecule has 0 bridgehead atoms. The zero-order chi connectivity index (χ0) is 20.6. The fourth-order valence-electron chi connectivity index (χ4n) is 3.12. The van der Waals surface area contributed by atoms with E-state index in [9.17, 15) is 14.9 Å². The van der Waals surface area contributed by atoms with Gasteiger partial charge in [0.15, 0.2) is 6.61 Å². The number of rotatable bonds is 6. The molecule has 1 heterocycles. The molecule has 29 heavy (non-hydrogen) atoms. The molecule has 1 amide bonds. The van der Waals surface area contributed by atoms with Crippen LogP contribution in [-0.2, 0) is 4.79 Å². The molecule has 8 nitrogen and oxygen atoms in total. The number of amides is 1. The van der Waals surface area contributed by atoms with Crippen LogP contribution in [0.1, 0.15) is 5.56 Å². The van der Waals surface area contributed by atoms with Crippen molar-refractivity contribution in [2.75, 3.05) is 37.7 Å². The Hall–Kier alpha value is -3.86. The Morgan fingerprint density at radius 3 is 2.48 bits per heavy atom. The molecule has 1 saturated heterocycles. The number of hydrogen-bond donors (Lipinski definition) is 0. The Morgan fingerprint density at radius 1 is 1.14 bits per heavy atom. The number of nitriles is 1. The van der Waals surface area contributed by atoms with Crippen molar-refractivity contribution in [2.45, 2.75) is 0 Å². The van der Waals surface area contributed by atoms with Crippen LogP contribution in [0.5, 0.6) is 5.75 Å². The van der Waals surface area contributed by atoms with E-state index in [0.29, 0.717) is 37.6 Å².